The highest BCUT2D eigenvalue weighted by molar-refractivity contribution is 4.78. The van der Waals surface area contributed by atoms with Crippen LogP contribution in [0.4, 0.5) is 0 Å². The van der Waals surface area contributed by atoms with Crippen LogP contribution >= 0.6 is 0 Å². The van der Waals surface area contributed by atoms with Gasteiger partial charge in [0.1, 0.15) is 0 Å². The van der Waals surface area contributed by atoms with E-state index in [9.17, 15) is 0 Å². The summed E-state index contributed by atoms with van der Waals surface area (Å²) in [6.45, 7) is 2.13. The van der Waals surface area contributed by atoms with Crippen LogP contribution in [0.25, 0.3) is 0 Å². The van der Waals surface area contributed by atoms with Crippen LogP contribution in [-0.2, 0) is 11.3 Å². The maximum Gasteiger partial charge on any atom is 0.0945 e. The summed E-state index contributed by atoms with van der Waals surface area (Å²) in [7, 11) is 1.83. The third-order valence-electron chi connectivity index (χ3n) is 3.54. The highest BCUT2D eigenvalue weighted by Crippen LogP contribution is 2.20. The lowest BCUT2D eigenvalue weighted by molar-refractivity contribution is 0.0588. The zero-order chi connectivity index (χ0) is 11.9. The van der Waals surface area contributed by atoms with Gasteiger partial charge in [-0.2, -0.15) is 0 Å². The van der Waals surface area contributed by atoms with E-state index in [0.29, 0.717) is 12.1 Å². The lowest BCUT2D eigenvalue weighted by atomic mass is 9.93. The van der Waals surface area contributed by atoms with Crippen LogP contribution in [0.3, 0.4) is 0 Å². The van der Waals surface area contributed by atoms with E-state index < -0.39 is 0 Å². The molecular weight excluding hydrogens is 214 g/mol. The number of aryl methyl sites for hydroxylation is 1. The van der Waals surface area contributed by atoms with Gasteiger partial charge in [-0.15, -0.1) is 0 Å². The molecule has 0 amide bonds. The van der Waals surface area contributed by atoms with Crippen molar-refractivity contribution in [3.05, 3.63) is 18.7 Å². The van der Waals surface area contributed by atoms with Crippen LogP contribution < -0.4 is 5.32 Å². The molecule has 2 rings (SSSR count). The molecule has 1 saturated carbocycles. The second-order valence-corrected chi connectivity index (χ2v) is 4.83. The number of nitrogens with one attached hydrogen (secondary N) is 1. The van der Waals surface area contributed by atoms with Gasteiger partial charge in [-0.05, 0) is 38.6 Å². The number of nitrogens with zero attached hydrogens (tertiary/aromatic N) is 2. The molecule has 0 saturated heterocycles. The third-order valence-corrected chi connectivity index (χ3v) is 3.54. The summed E-state index contributed by atoms with van der Waals surface area (Å²) in [4.78, 5) is 4.04. The van der Waals surface area contributed by atoms with Gasteiger partial charge in [0.25, 0.3) is 0 Å². The molecule has 1 aliphatic rings. The Hall–Kier alpha value is -0.870. The lowest BCUT2D eigenvalue weighted by Gasteiger charge is -2.29. The van der Waals surface area contributed by atoms with E-state index in [1.165, 1.54) is 25.7 Å². The first-order valence-corrected chi connectivity index (χ1v) is 6.60. The number of hydrogen-bond acceptors (Lipinski definition) is 3. The molecule has 0 bridgehead atoms. The minimum absolute atomic E-state index is 0.467. The van der Waals surface area contributed by atoms with Crippen LogP contribution in [0.1, 0.15) is 32.1 Å². The Balaban J connectivity index is 1.58. The molecule has 1 aromatic rings. The van der Waals surface area contributed by atoms with Crippen molar-refractivity contribution in [3.8, 4) is 0 Å². The Morgan fingerprint density at radius 1 is 1.47 bits per heavy atom. The van der Waals surface area contributed by atoms with Gasteiger partial charge in [-0.1, -0.05) is 0 Å². The molecule has 0 radical (unpaired) electrons. The Labute approximate surface area is 103 Å². The molecule has 0 spiro atoms. The van der Waals surface area contributed by atoms with Crippen molar-refractivity contribution in [1.82, 2.24) is 14.9 Å². The van der Waals surface area contributed by atoms with Crippen LogP contribution in [-0.4, -0.2) is 35.4 Å². The second kappa shape index (κ2) is 6.77. The number of imidazole rings is 1. The molecule has 96 valence electrons. The predicted molar refractivity (Wildman–Crippen MR) is 67.9 cm³/mol. The normalized spacial score (nSPS) is 25.0. The highest BCUT2D eigenvalue weighted by Gasteiger charge is 2.20. The molecule has 1 aliphatic carbocycles. The molecule has 4 nitrogen and oxygen atoms in total. The molecule has 1 fully saturated rings. The van der Waals surface area contributed by atoms with Crippen molar-refractivity contribution in [3.63, 3.8) is 0 Å². The van der Waals surface area contributed by atoms with E-state index in [1.807, 2.05) is 25.8 Å². The van der Waals surface area contributed by atoms with E-state index in [1.54, 1.807) is 0 Å². The molecule has 4 heteroatoms. The molecule has 1 heterocycles. The van der Waals surface area contributed by atoms with E-state index in [0.717, 1.165) is 19.5 Å². The number of methoxy groups -OCH3 is 1. The van der Waals surface area contributed by atoms with Crippen molar-refractivity contribution >= 4 is 0 Å². The quantitative estimate of drug-likeness (QED) is 0.767. The summed E-state index contributed by atoms with van der Waals surface area (Å²) in [5.74, 6) is 0. The first-order chi connectivity index (χ1) is 8.38. The van der Waals surface area contributed by atoms with Crippen molar-refractivity contribution < 1.29 is 4.74 Å². The Bertz CT molecular complexity index is 300. The molecule has 17 heavy (non-hydrogen) atoms. The van der Waals surface area contributed by atoms with Crippen LogP contribution in [0, 0.1) is 0 Å². The van der Waals surface area contributed by atoms with E-state index in [2.05, 4.69) is 14.9 Å². The van der Waals surface area contributed by atoms with Gasteiger partial charge in [-0.3, -0.25) is 0 Å². The van der Waals surface area contributed by atoms with E-state index in [-0.39, 0.29) is 0 Å². The predicted octanol–water partition coefficient (Wildman–Crippen LogP) is 1.82. The van der Waals surface area contributed by atoms with Gasteiger partial charge < -0.3 is 14.6 Å². The van der Waals surface area contributed by atoms with Crippen molar-refractivity contribution in [2.45, 2.75) is 50.8 Å². The van der Waals surface area contributed by atoms with Crippen LogP contribution in [0.5, 0.6) is 0 Å². The topological polar surface area (TPSA) is 39.1 Å². The van der Waals surface area contributed by atoms with Gasteiger partial charge in [0.2, 0.25) is 0 Å². The monoisotopic (exact) mass is 237 g/mol. The number of rotatable bonds is 6. The average Bonchev–Trinajstić information content (AvgIpc) is 2.88. The zero-order valence-corrected chi connectivity index (χ0v) is 10.6. The minimum Gasteiger partial charge on any atom is -0.381 e. The maximum atomic E-state index is 5.43. The summed E-state index contributed by atoms with van der Waals surface area (Å²) >= 11 is 0. The summed E-state index contributed by atoms with van der Waals surface area (Å²) < 4.78 is 7.56. The van der Waals surface area contributed by atoms with Gasteiger partial charge in [0.05, 0.1) is 12.4 Å². The number of aromatic nitrogens is 2. The molecule has 1 aromatic heterocycles. The van der Waals surface area contributed by atoms with E-state index in [4.69, 9.17) is 4.74 Å². The van der Waals surface area contributed by atoms with Gasteiger partial charge >= 0.3 is 0 Å². The lowest BCUT2D eigenvalue weighted by Crippen LogP contribution is -2.37. The summed E-state index contributed by atoms with van der Waals surface area (Å²) in [5.41, 5.74) is 0. The third kappa shape index (κ3) is 4.13. The fraction of sp³-hybridized carbons (Fsp3) is 0.769. The van der Waals surface area contributed by atoms with Crippen molar-refractivity contribution in [2.75, 3.05) is 13.7 Å². The highest BCUT2D eigenvalue weighted by atomic mass is 16.5. The van der Waals surface area contributed by atoms with Crippen LogP contribution in [0.2, 0.25) is 0 Å². The second-order valence-electron chi connectivity index (χ2n) is 4.83. The fourth-order valence-corrected chi connectivity index (χ4v) is 2.53. The number of hydrogen-bond donors (Lipinski definition) is 1. The minimum atomic E-state index is 0.467. The smallest absolute Gasteiger partial charge is 0.0945 e. The first kappa shape index (κ1) is 12.6. The summed E-state index contributed by atoms with van der Waals surface area (Å²) in [6.07, 6.45) is 12.3. The number of ether oxygens (including phenoxy) is 1. The summed E-state index contributed by atoms with van der Waals surface area (Å²) in [6, 6.07) is 0.650. The van der Waals surface area contributed by atoms with Gasteiger partial charge in [0.15, 0.2) is 0 Å². The maximum absolute atomic E-state index is 5.43. The fourth-order valence-electron chi connectivity index (χ4n) is 2.53. The van der Waals surface area contributed by atoms with E-state index >= 15 is 0 Å². The average molecular weight is 237 g/mol. The molecular formula is C13H23N3O. The molecule has 0 aliphatic heterocycles. The molecule has 2 unspecified atom stereocenters. The SMILES string of the molecule is COC1CCCC(NCCCn2ccnc2)C1. The molecule has 0 aromatic carbocycles. The standard InChI is InChI=1S/C13H23N3O/c1-17-13-5-2-4-12(10-13)15-6-3-8-16-9-7-14-11-16/h7,9,11-13,15H,2-6,8,10H2,1H3. The largest absolute Gasteiger partial charge is 0.381 e. The van der Waals surface area contributed by atoms with Crippen molar-refractivity contribution in [1.29, 1.82) is 0 Å². The first-order valence-electron chi connectivity index (χ1n) is 6.60. The Morgan fingerprint density at radius 3 is 3.18 bits per heavy atom. The Kier molecular flexibility index (Phi) is 5.01. The molecule has 2 atom stereocenters. The van der Waals surface area contributed by atoms with Crippen molar-refractivity contribution in [2.24, 2.45) is 0 Å². The van der Waals surface area contributed by atoms with Gasteiger partial charge in [-0.25, -0.2) is 4.98 Å². The zero-order valence-electron chi connectivity index (χ0n) is 10.6. The van der Waals surface area contributed by atoms with Crippen LogP contribution in [0.15, 0.2) is 18.7 Å². The van der Waals surface area contributed by atoms with Gasteiger partial charge in [0, 0.05) is 32.1 Å². The Morgan fingerprint density at radius 2 is 2.41 bits per heavy atom. The summed E-state index contributed by atoms with van der Waals surface area (Å²) in [5, 5.41) is 3.63. The molecule has 1 N–H and O–H groups in total.